The standard InChI is InChI=1S/C20H20N6O2/c1-12-4-5-14(7-21-12)17-6-16-19(18(24-17)15-8-23-25(3)10-15)22-11-26(20(16)28)9-13(2)27/h4-8,10-11,13,27H,9H2,1-3H3/t13-/m0/s1. The minimum absolute atomic E-state index is 0.174. The Kier molecular flexibility index (Phi) is 4.48. The zero-order valence-corrected chi connectivity index (χ0v) is 15.9. The van der Waals surface area contributed by atoms with Crippen molar-refractivity contribution in [3.05, 3.63) is 59.2 Å². The van der Waals surface area contributed by atoms with Crippen molar-refractivity contribution in [2.45, 2.75) is 26.5 Å². The molecule has 4 aromatic rings. The molecule has 0 fully saturated rings. The highest BCUT2D eigenvalue weighted by Gasteiger charge is 2.16. The lowest BCUT2D eigenvalue weighted by Crippen LogP contribution is -2.25. The van der Waals surface area contributed by atoms with Crippen LogP contribution in [0.2, 0.25) is 0 Å². The summed E-state index contributed by atoms with van der Waals surface area (Å²) in [5.74, 6) is 0. The van der Waals surface area contributed by atoms with Crippen molar-refractivity contribution in [3.63, 3.8) is 0 Å². The average Bonchev–Trinajstić information content (AvgIpc) is 3.10. The van der Waals surface area contributed by atoms with Gasteiger partial charge in [0.05, 0.1) is 36.3 Å². The quantitative estimate of drug-likeness (QED) is 0.584. The molecule has 0 bridgehead atoms. The van der Waals surface area contributed by atoms with E-state index in [0.717, 1.165) is 16.8 Å². The van der Waals surface area contributed by atoms with Gasteiger partial charge in [-0.2, -0.15) is 5.10 Å². The Morgan fingerprint density at radius 2 is 2.00 bits per heavy atom. The summed E-state index contributed by atoms with van der Waals surface area (Å²) in [7, 11) is 1.82. The Bertz CT molecular complexity index is 1210. The molecule has 4 heterocycles. The van der Waals surface area contributed by atoms with Crippen LogP contribution in [0.5, 0.6) is 0 Å². The molecule has 4 rings (SSSR count). The highest BCUT2D eigenvalue weighted by atomic mass is 16.3. The summed E-state index contributed by atoms with van der Waals surface area (Å²) >= 11 is 0. The lowest BCUT2D eigenvalue weighted by Gasteiger charge is -2.11. The van der Waals surface area contributed by atoms with E-state index in [9.17, 15) is 9.90 Å². The van der Waals surface area contributed by atoms with Gasteiger partial charge >= 0.3 is 0 Å². The first-order chi connectivity index (χ1) is 13.4. The normalized spacial score (nSPS) is 12.4. The van der Waals surface area contributed by atoms with Gasteiger partial charge in [0.2, 0.25) is 0 Å². The van der Waals surface area contributed by atoms with Crippen molar-refractivity contribution in [2.75, 3.05) is 0 Å². The van der Waals surface area contributed by atoms with Crippen molar-refractivity contribution in [3.8, 4) is 22.5 Å². The highest BCUT2D eigenvalue weighted by molar-refractivity contribution is 5.93. The van der Waals surface area contributed by atoms with Gasteiger partial charge in [-0.15, -0.1) is 0 Å². The number of hydrogen-bond donors (Lipinski definition) is 1. The van der Waals surface area contributed by atoms with E-state index in [1.807, 2.05) is 32.3 Å². The Morgan fingerprint density at radius 3 is 2.64 bits per heavy atom. The van der Waals surface area contributed by atoms with Gasteiger partial charge in [-0.3, -0.25) is 19.0 Å². The maximum atomic E-state index is 13.0. The van der Waals surface area contributed by atoms with Gasteiger partial charge in [0.25, 0.3) is 5.56 Å². The zero-order chi connectivity index (χ0) is 19.8. The van der Waals surface area contributed by atoms with E-state index < -0.39 is 6.10 Å². The van der Waals surface area contributed by atoms with E-state index in [0.29, 0.717) is 22.3 Å². The number of aliphatic hydroxyl groups excluding tert-OH is 1. The van der Waals surface area contributed by atoms with Crippen molar-refractivity contribution >= 4 is 10.9 Å². The molecular formula is C20H20N6O2. The van der Waals surface area contributed by atoms with Crippen LogP contribution in [0.25, 0.3) is 33.4 Å². The van der Waals surface area contributed by atoms with E-state index in [1.54, 1.807) is 30.1 Å². The number of hydrogen-bond acceptors (Lipinski definition) is 6. The second-order valence-electron chi connectivity index (χ2n) is 6.89. The molecule has 142 valence electrons. The largest absolute Gasteiger partial charge is 0.392 e. The van der Waals surface area contributed by atoms with Crippen LogP contribution >= 0.6 is 0 Å². The molecule has 8 nitrogen and oxygen atoms in total. The van der Waals surface area contributed by atoms with Gasteiger partial charge in [0.1, 0.15) is 11.2 Å². The van der Waals surface area contributed by atoms with Crippen molar-refractivity contribution in [1.82, 2.24) is 29.3 Å². The second-order valence-corrected chi connectivity index (χ2v) is 6.89. The molecule has 0 aliphatic carbocycles. The predicted octanol–water partition coefficient (Wildman–Crippen LogP) is 1.94. The van der Waals surface area contributed by atoms with Crippen molar-refractivity contribution in [2.24, 2.45) is 7.05 Å². The van der Waals surface area contributed by atoms with E-state index >= 15 is 0 Å². The van der Waals surface area contributed by atoms with Gasteiger partial charge in [0, 0.05) is 36.3 Å². The topological polar surface area (TPSA) is 98.7 Å². The predicted molar refractivity (Wildman–Crippen MR) is 106 cm³/mol. The fraction of sp³-hybridized carbons (Fsp3) is 0.250. The van der Waals surface area contributed by atoms with Crippen LogP contribution in [0.3, 0.4) is 0 Å². The van der Waals surface area contributed by atoms with Gasteiger partial charge in [0.15, 0.2) is 0 Å². The molecule has 4 aromatic heterocycles. The summed E-state index contributed by atoms with van der Waals surface area (Å²) in [4.78, 5) is 26.6. The van der Waals surface area contributed by atoms with Gasteiger partial charge in [-0.25, -0.2) is 9.97 Å². The molecule has 28 heavy (non-hydrogen) atoms. The average molecular weight is 376 g/mol. The summed E-state index contributed by atoms with van der Waals surface area (Å²) in [6, 6.07) is 5.56. The molecule has 0 saturated heterocycles. The zero-order valence-electron chi connectivity index (χ0n) is 15.9. The second kappa shape index (κ2) is 6.97. The number of nitrogens with zero attached hydrogens (tertiary/aromatic N) is 6. The summed E-state index contributed by atoms with van der Waals surface area (Å²) in [6.45, 7) is 3.72. The number of fused-ring (bicyclic) bond motifs is 1. The van der Waals surface area contributed by atoms with Crippen LogP contribution in [0, 0.1) is 6.92 Å². The maximum absolute atomic E-state index is 13.0. The lowest BCUT2D eigenvalue weighted by molar-refractivity contribution is 0.172. The third-order valence-electron chi connectivity index (χ3n) is 4.46. The first-order valence-electron chi connectivity index (χ1n) is 8.92. The Morgan fingerprint density at radius 1 is 1.18 bits per heavy atom. The number of rotatable bonds is 4. The van der Waals surface area contributed by atoms with Crippen molar-refractivity contribution in [1.29, 1.82) is 0 Å². The molecule has 1 atom stereocenters. The first kappa shape index (κ1) is 18.0. The van der Waals surface area contributed by atoms with Crippen LogP contribution in [0.1, 0.15) is 12.6 Å². The van der Waals surface area contributed by atoms with Crippen LogP contribution in [0.4, 0.5) is 0 Å². The molecule has 0 aromatic carbocycles. The molecule has 0 aliphatic rings. The van der Waals surface area contributed by atoms with Gasteiger partial charge < -0.3 is 5.11 Å². The van der Waals surface area contributed by atoms with Gasteiger partial charge in [-0.1, -0.05) is 0 Å². The summed E-state index contributed by atoms with van der Waals surface area (Å²) in [5, 5.41) is 14.3. The molecule has 8 heteroatoms. The van der Waals surface area contributed by atoms with Crippen LogP contribution in [-0.2, 0) is 13.6 Å². The third kappa shape index (κ3) is 3.29. The minimum atomic E-state index is -0.655. The molecule has 0 aliphatic heterocycles. The molecule has 0 amide bonds. The molecule has 0 unspecified atom stereocenters. The van der Waals surface area contributed by atoms with Crippen molar-refractivity contribution < 1.29 is 5.11 Å². The summed E-state index contributed by atoms with van der Waals surface area (Å²) in [6.07, 6.45) is 6.06. The van der Waals surface area contributed by atoms with E-state index in [4.69, 9.17) is 4.98 Å². The summed E-state index contributed by atoms with van der Waals surface area (Å²) in [5.41, 5.74) is 3.98. The van der Waals surface area contributed by atoms with Crippen LogP contribution in [-0.4, -0.2) is 40.5 Å². The number of pyridine rings is 2. The van der Waals surface area contributed by atoms with E-state index in [2.05, 4.69) is 15.1 Å². The fourth-order valence-electron chi connectivity index (χ4n) is 3.09. The molecule has 0 saturated carbocycles. The number of aromatic nitrogens is 6. The van der Waals surface area contributed by atoms with Crippen LogP contribution in [0.15, 0.2) is 47.9 Å². The SMILES string of the molecule is Cc1ccc(-c2cc3c(=O)n(C[C@H](C)O)cnc3c(-c3cnn(C)c3)n2)cn1. The molecular weight excluding hydrogens is 356 g/mol. The van der Waals surface area contributed by atoms with E-state index in [1.165, 1.54) is 10.9 Å². The fourth-order valence-corrected chi connectivity index (χ4v) is 3.09. The molecule has 1 N–H and O–H groups in total. The highest BCUT2D eigenvalue weighted by Crippen LogP contribution is 2.28. The van der Waals surface area contributed by atoms with Crippen LogP contribution < -0.4 is 5.56 Å². The molecule has 0 spiro atoms. The minimum Gasteiger partial charge on any atom is -0.392 e. The Labute approximate surface area is 161 Å². The Balaban J connectivity index is 2.01. The smallest absolute Gasteiger partial charge is 0.261 e. The van der Waals surface area contributed by atoms with E-state index in [-0.39, 0.29) is 12.1 Å². The lowest BCUT2D eigenvalue weighted by atomic mass is 10.1. The molecule has 0 radical (unpaired) electrons. The maximum Gasteiger partial charge on any atom is 0.261 e. The Hall–Kier alpha value is -3.39. The number of aliphatic hydroxyl groups is 1. The monoisotopic (exact) mass is 376 g/mol. The number of aryl methyl sites for hydroxylation is 2. The third-order valence-corrected chi connectivity index (χ3v) is 4.46. The first-order valence-corrected chi connectivity index (χ1v) is 8.92. The van der Waals surface area contributed by atoms with Gasteiger partial charge in [-0.05, 0) is 32.0 Å². The summed E-state index contributed by atoms with van der Waals surface area (Å²) < 4.78 is 3.09.